The summed E-state index contributed by atoms with van der Waals surface area (Å²) in [5.74, 6) is -1.87. The van der Waals surface area contributed by atoms with Gasteiger partial charge in [0.15, 0.2) is 0 Å². The Bertz CT molecular complexity index is 1160. The summed E-state index contributed by atoms with van der Waals surface area (Å²) in [4.78, 5) is 21.6. The number of esters is 2. The van der Waals surface area contributed by atoms with E-state index in [9.17, 15) is 30.0 Å². The highest BCUT2D eigenvalue weighted by atomic mass is 79.9. The number of halogens is 1. The molecule has 0 fully saturated rings. The van der Waals surface area contributed by atoms with Crippen LogP contribution in [-0.2, 0) is 35.7 Å². The first kappa shape index (κ1) is 42.5. The summed E-state index contributed by atoms with van der Waals surface area (Å²) < 4.78 is 15.6. The van der Waals surface area contributed by atoms with Gasteiger partial charge in [0.25, 0.3) is 0 Å². The predicted molar refractivity (Wildman–Crippen MR) is 173 cm³/mol. The van der Waals surface area contributed by atoms with E-state index in [1.807, 2.05) is 13.8 Å². The first-order valence-electron chi connectivity index (χ1n) is 14.8. The van der Waals surface area contributed by atoms with E-state index in [1.54, 1.807) is 13.8 Å². The Labute approximate surface area is 278 Å². The highest BCUT2D eigenvalue weighted by molar-refractivity contribution is 9.08. The van der Waals surface area contributed by atoms with Gasteiger partial charge in [0.05, 0.1) is 30.5 Å². The minimum Gasteiger partial charge on any atom is -0.508 e. The molecular weight excluding hydrogens is 672 g/mol. The predicted octanol–water partition coefficient (Wildman–Crippen LogP) is 4.99. The highest BCUT2D eigenvalue weighted by Gasteiger charge is 2.21. The van der Waals surface area contributed by atoms with Crippen LogP contribution in [0.2, 0.25) is 0 Å². The van der Waals surface area contributed by atoms with Crippen LogP contribution in [-0.4, -0.2) is 83.3 Å². The average Bonchev–Trinajstić information content (AvgIpc) is 2.91. The molecule has 0 aliphatic heterocycles. The van der Waals surface area contributed by atoms with E-state index in [1.165, 1.54) is 26.0 Å². The molecule has 46 heavy (non-hydrogen) atoms. The number of rotatable bonds is 14. The van der Waals surface area contributed by atoms with E-state index in [4.69, 9.17) is 34.6 Å². The summed E-state index contributed by atoms with van der Waals surface area (Å²) in [6.45, 7) is 9.89. The molecule has 0 bridgehead atoms. The molecule has 0 amide bonds. The van der Waals surface area contributed by atoms with Crippen molar-refractivity contribution in [1.82, 2.24) is 0 Å². The van der Waals surface area contributed by atoms with Crippen LogP contribution in [0.25, 0.3) is 0 Å². The number of alkyl halides is 1. The van der Waals surface area contributed by atoms with Crippen molar-refractivity contribution < 1.29 is 64.7 Å². The Kier molecular flexibility index (Phi) is 20.5. The smallest absolute Gasteiger partial charge is 0.302 e. The van der Waals surface area contributed by atoms with E-state index in [-0.39, 0.29) is 70.9 Å². The first-order valence-corrected chi connectivity index (χ1v) is 15.9. The normalized spacial score (nSPS) is 13.8. The van der Waals surface area contributed by atoms with Gasteiger partial charge >= 0.3 is 11.9 Å². The monoisotopic (exact) mass is 720 g/mol. The van der Waals surface area contributed by atoms with Gasteiger partial charge in [0.1, 0.15) is 46.7 Å². The second-order valence-electron chi connectivity index (χ2n) is 10.7. The topological polar surface area (TPSA) is 224 Å². The summed E-state index contributed by atoms with van der Waals surface area (Å²) in [6, 6.07) is 4.58. The SMILES string of the molecule is CCC(O)CC(C)OC(C)=O.CCC(O)CC(CC(C)OCc1c(O)cc(O)cc1O)OC(C)=O.Oc1cc(O)c(CBr)c(O)c1. The van der Waals surface area contributed by atoms with E-state index in [0.29, 0.717) is 43.0 Å². The fraction of sp³-hybridized carbons (Fsp3) is 0.562. The minimum absolute atomic E-state index is 0.0672. The molecule has 5 atom stereocenters. The summed E-state index contributed by atoms with van der Waals surface area (Å²) in [6.07, 6.45) is 0.554. The molecule has 0 saturated heterocycles. The number of benzene rings is 2. The van der Waals surface area contributed by atoms with Crippen molar-refractivity contribution >= 4 is 27.9 Å². The van der Waals surface area contributed by atoms with Crippen LogP contribution >= 0.6 is 15.9 Å². The number of aliphatic hydroxyl groups is 2. The molecule has 5 unspecified atom stereocenters. The number of hydrogen-bond donors (Lipinski definition) is 8. The second-order valence-corrected chi connectivity index (χ2v) is 11.2. The van der Waals surface area contributed by atoms with Crippen LogP contribution in [0.3, 0.4) is 0 Å². The largest absolute Gasteiger partial charge is 0.508 e. The fourth-order valence-corrected chi connectivity index (χ4v) is 4.56. The van der Waals surface area contributed by atoms with E-state index in [2.05, 4.69) is 15.9 Å². The lowest BCUT2D eigenvalue weighted by Gasteiger charge is -2.23. The molecule has 13 nitrogen and oxygen atoms in total. The molecule has 0 aliphatic rings. The molecule has 2 aromatic carbocycles. The maximum Gasteiger partial charge on any atom is 0.302 e. The number of hydrogen-bond acceptors (Lipinski definition) is 13. The molecule has 2 rings (SSSR count). The van der Waals surface area contributed by atoms with Gasteiger partial charge in [-0.1, -0.05) is 29.8 Å². The van der Waals surface area contributed by atoms with Crippen LogP contribution in [0, 0.1) is 0 Å². The highest BCUT2D eigenvalue weighted by Crippen LogP contribution is 2.34. The van der Waals surface area contributed by atoms with Crippen molar-refractivity contribution in [3.8, 4) is 34.5 Å². The third-order valence-corrected chi connectivity index (χ3v) is 6.96. The van der Waals surface area contributed by atoms with Crippen molar-refractivity contribution in [1.29, 1.82) is 0 Å². The van der Waals surface area contributed by atoms with E-state index < -0.39 is 18.2 Å². The van der Waals surface area contributed by atoms with Crippen LogP contribution in [0.1, 0.15) is 84.8 Å². The standard InChI is InChI=1S/C17H26O7.C8H16O3.C7H7BrO3/c1-4-12(19)6-14(24-11(3)18)5-10(2)23-9-15-16(21)7-13(20)8-17(15)22;1-4-8(10)5-6(2)11-7(3)9;8-3-5-6(10)1-4(9)2-7(5)11/h7-8,10,12,14,19-22H,4-6,9H2,1-3H3;6,8,10H,4-5H2,1-3H3;1-2,9-11H,3H2. The van der Waals surface area contributed by atoms with Crippen LogP contribution < -0.4 is 0 Å². The van der Waals surface area contributed by atoms with E-state index in [0.717, 1.165) is 12.1 Å². The Morgan fingerprint density at radius 1 is 0.674 bits per heavy atom. The number of aliphatic hydroxyl groups excluding tert-OH is 2. The number of carbonyl (C=O) groups is 2. The molecule has 0 spiro atoms. The van der Waals surface area contributed by atoms with Crippen molar-refractivity contribution in [2.45, 2.75) is 116 Å². The average molecular weight is 722 g/mol. The lowest BCUT2D eigenvalue weighted by Crippen LogP contribution is -2.27. The van der Waals surface area contributed by atoms with Gasteiger partial charge in [-0.2, -0.15) is 0 Å². The molecule has 2 aromatic rings. The summed E-state index contributed by atoms with van der Waals surface area (Å²) in [5, 5.41) is 75.1. The van der Waals surface area contributed by atoms with Gasteiger partial charge in [0, 0.05) is 68.3 Å². The molecule has 8 N–H and O–H groups in total. The van der Waals surface area contributed by atoms with Gasteiger partial charge < -0.3 is 55.1 Å². The second kappa shape index (κ2) is 22.1. The van der Waals surface area contributed by atoms with Gasteiger partial charge in [-0.05, 0) is 26.7 Å². The molecule has 14 heteroatoms. The fourth-order valence-electron chi connectivity index (χ4n) is 3.98. The van der Waals surface area contributed by atoms with E-state index >= 15 is 0 Å². The zero-order valence-corrected chi connectivity index (χ0v) is 28.7. The third-order valence-electron chi connectivity index (χ3n) is 6.40. The zero-order valence-electron chi connectivity index (χ0n) is 27.1. The van der Waals surface area contributed by atoms with Gasteiger partial charge in [0.2, 0.25) is 0 Å². The summed E-state index contributed by atoms with van der Waals surface area (Å²) >= 11 is 3.08. The molecular formula is C32H49BrO13. The Balaban J connectivity index is 0.000000761. The lowest BCUT2D eigenvalue weighted by molar-refractivity contribution is -0.150. The molecule has 262 valence electrons. The summed E-state index contributed by atoms with van der Waals surface area (Å²) in [7, 11) is 0. The summed E-state index contributed by atoms with van der Waals surface area (Å²) in [5.41, 5.74) is 0.542. The molecule has 0 aromatic heterocycles. The van der Waals surface area contributed by atoms with Gasteiger partial charge in [-0.3, -0.25) is 9.59 Å². The van der Waals surface area contributed by atoms with Crippen LogP contribution in [0.4, 0.5) is 0 Å². The maximum atomic E-state index is 11.2. The molecule has 0 saturated carbocycles. The van der Waals surface area contributed by atoms with Crippen LogP contribution in [0.5, 0.6) is 34.5 Å². The number of carbonyl (C=O) groups excluding carboxylic acids is 2. The quantitative estimate of drug-likeness (QED) is 0.0953. The number of phenols is 6. The molecule has 0 heterocycles. The van der Waals surface area contributed by atoms with Crippen molar-refractivity contribution in [2.24, 2.45) is 0 Å². The molecule has 0 radical (unpaired) electrons. The van der Waals surface area contributed by atoms with Gasteiger partial charge in [-0.25, -0.2) is 0 Å². The minimum atomic E-state index is -0.563. The van der Waals surface area contributed by atoms with Crippen molar-refractivity contribution in [3.63, 3.8) is 0 Å². The maximum absolute atomic E-state index is 11.2. The van der Waals surface area contributed by atoms with Crippen molar-refractivity contribution in [3.05, 3.63) is 35.4 Å². The zero-order chi connectivity index (χ0) is 35.6. The molecule has 0 aliphatic carbocycles. The lowest BCUT2D eigenvalue weighted by atomic mass is 10.0. The Hall–Kier alpha value is -3.46. The number of aromatic hydroxyl groups is 6. The Morgan fingerprint density at radius 2 is 1.09 bits per heavy atom. The third kappa shape index (κ3) is 17.9. The Morgan fingerprint density at radius 3 is 1.48 bits per heavy atom. The number of ether oxygens (including phenoxy) is 3. The van der Waals surface area contributed by atoms with Crippen LogP contribution in [0.15, 0.2) is 24.3 Å². The first-order chi connectivity index (χ1) is 21.4. The van der Waals surface area contributed by atoms with Crippen molar-refractivity contribution in [2.75, 3.05) is 0 Å². The number of phenolic OH excluding ortho intramolecular Hbond substituents is 6. The van der Waals surface area contributed by atoms with Gasteiger partial charge in [-0.15, -0.1) is 0 Å².